The molecule has 0 atom stereocenters. The molecule has 1 amide bonds. The highest BCUT2D eigenvalue weighted by molar-refractivity contribution is 7.99. The summed E-state index contributed by atoms with van der Waals surface area (Å²) in [6, 6.07) is 12.2. The number of benzene rings is 3. The van der Waals surface area contributed by atoms with E-state index < -0.39 is 40.4 Å². The van der Waals surface area contributed by atoms with E-state index in [-0.39, 0.29) is 22.0 Å². The van der Waals surface area contributed by atoms with Gasteiger partial charge in [-0.05, 0) is 36.4 Å². The zero-order chi connectivity index (χ0) is 22.8. The van der Waals surface area contributed by atoms with E-state index >= 15 is 0 Å². The molecule has 1 heterocycles. The zero-order valence-electron chi connectivity index (χ0n) is 16.1. The topological polar surface area (TPSA) is 64.0 Å². The van der Waals surface area contributed by atoms with E-state index in [1.807, 2.05) is 0 Å². The van der Waals surface area contributed by atoms with Gasteiger partial charge >= 0.3 is 0 Å². The average Bonchev–Trinajstić information content (AvgIpc) is 2.76. The molecule has 0 aliphatic rings. The Labute approximate surface area is 182 Å². The van der Waals surface area contributed by atoms with Crippen molar-refractivity contribution in [3.8, 4) is 5.69 Å². The minimum absolute atomic E-state index is 0.0524. The quantitative estimate of drug-likeness (QED) is 0.268. The minimum Gasteiger partial charge on any atom is -0.320 e. The first kappa shape index (κ1) is 21.6. The maximum Gasteiger partial charge on any atom is 0.266 e. The number of amides is 1. The molecule has 0 unspecified atom stereocenters. The van der Waals surface area contributed by atoms with E-state index in [2.05, 4.69) is 10.3 Å². The van der Waals surface area contributed by atoms with Gasteiger partial charge in [-0.25, -0.2) is 22.5 Å². The summed E-state index contributed by atoms with van der Waals surface area (Å²) in [7, 11) is 0. The Balaban J connectivity index is 1.71. The van der Waals surface area contributed by atoms with Crippen LogP contribution in [-0.2, 0) is 4.79 Å². The van der Waals surface area contributed by atoms with E-state index in [0.717, 1.165) is 46.7 Å². The lowest BCUT2D eigenvalue weighted by molar-refractivity contribution is -0.113. The lowest BCUT2D eigenvalue weighted by atomic mass is 10.2. The van der Waals surface area contributed by atoms with E-state index in [9.17, 15) is 27.2 Å². The van der Waals surface area contributed by atoms with Gasteiger partial charge in [0.05, 0.1) is 22.3 Å². The predicted molar refractivity (Wildman–Crippen MR) is 113 cm³/mol. The third-order valence-corrected chi connectivity index (χ3v) is 5.39. The number of rotatable bonds is 5. The van der Waals surface area contributed by atoms with Gasteiger partial charge in [0.1, 0.15) is 29.0 Å². The number of aromatic nitrogens is 2. The molecule has 1 N–H and O–H groups in total. The van der Waals surface area contributed by atoms with Crippen molar-refractivity contribution in [2.45, 2.75) is 5.16 Å². The highest BCUT2D eigenvalue weighted by Crippen LogP contribution is 2.24. The number of thioether (sulfide) groups is 1. The number of halogens is 4. The second kappa shape index (κ2) is 8.83. The highest BCUT2D eigenvalue weighted by atomic mass is 32.2. The number of nitrogens with one attached hydrogen (secondary N) is 1. The first-order chi connectivity index (χ1) is 15.3. The number of hydrogen-bond donors (Lipinski definition) is 1. The van der Waals surface area contributed by atoms with Crippen LogP contribution in [0.3, 0.4) is 0 Å². The Morgan fingerprint density at radius 2 is 1.66 bits per heavy atom. The fraction of sp³-hybridized carbons (Fsp3) is 0.0455. The second-order valence-electron chi connectivity index (χ2n) is 6.58. The zero-order valence-corrected chi connectivity index (χ0v) is 16.9. The van der Waals surface area contributed by atoms with Crippen molar-refractivity contribution >= 4 is 34.3 Å². The van der Waals surface area contributed by atoms with Gasteiger partial charge in [-0.15, -0.1) is 0 Å². The smallest absolute Gasteiger partial charge is 0.266 e. The summed E-state index contributed by atoms with van der Waals surface area (Å²) in [5.74, 6) is -4.87. The number of fused-ring (bicyclic) bond motifs is 1. The van der Waals surface area contributed by atoms with Crippen molar-refractivity contribution < 1.29 is 22.4 Å². The van der Waals surface area contributed by atoms with Crippen LogP contribution in [0.15, 0.2) is 70.6 Å². The fourth-order valence-corrected chi connectivity index (χ4v) is 3.81. The van der Waals surface area contributed by atoms with Crippen molar-refractivity contribution in [1.82, 2.24) is 9.55 Å². The predicted octanol–water partition coefficient (Wildman–Crippen LogP) is 4.67. The van der Waals surface area contributed by atoms with Gasteiger partial charge in [-0.2, -0.15) is 0 Å². The molecule has 162 valence electrons. The van der Waals surface area contributed by atoms with Crippen LogP contribution in [0.1, 0.15) is 0 Å². The molecule has 0 radical (unpaired) electrons. The normalized spacial score (nSPS) is 11.0. The second-order valence-corrected chi connectivity index (χ2v) is 7.52. The Kier molecular flexibility index (Phi) is 5.95. The SMILES string of the molecule is O=C(CSc1nc2ccccc2c(=O)n1-c1ccc(F)cc1F)Nc1c(F)cccc1F. The largest absolute Gasteiger partial charge is 0.320 e. The summed E-state index contributed by atoms with van der Waals surface area (Å²) >= 11 is 0.757. The molecule has 3 aromatic carbocycles. The monoisotopic (exact) mass is 459 g/mol. The number of carbonyl (C=O) groups is 1. The maximum absolute atomic E-state index is 14.5. The van der Waals surface area contributed by atoms with Crippen molar-refractivity contribution in [2.75, 3.05) is 11.1 Å². The molecule has 0 bridgehead atoms. The Hall–Kier alpha value is -3.66. The van der Waals surface area contributed by atoms with Crippen molar-refractivity contribution in [1.29, 1.82) is 0 Å². The number of para-hydroxylation sites is 2. The van der Waals surface area contributed by atoms with Gasteiger partial charge < -0.3 is 5.32 Å². The summed E-state index contributed by atoms with van der Waals surface area (Å²) in [6.07, 6.45) is 0. The van der Waals surface area contributed by atoms with Crippen LogP contribution < -0.4 is 10.9 Å². The molecule has 0 aliphatic heterocycles. The summed E-state index contributed by atoms with van der Waals surface area (Å²) in [5.41, 5.74) is -1.17. The molecule has 10 heteroatoms. The highest BCUT2D eigenvalue weighted by Gasteiger charge is 2.18. The van der Waals surface area contributed by atoms with Crippen molar-refractivity contribution in [3.05, 3.63) is 94.3 Å². The molecule has 4 aromatic rings. The van der Waals surface area contributed by atoms with Gasteiger partial charge in [0.15, 0.2) is 5.16 Å². The minimum atomic E-state index is -0.996. The van der Waals surface area contributed by atoms with Crippen LogP contribution in [0.25, 0.3) is 16.6 Å². The van der Waals surface area contributed by atoms with Crippen molar-refractivity contribution in [3.63, 3.8) is 0 Å². The Morgan fingerprint density at radius 3 is 2.38 bits per heavy atom. The number of hydrogen-bond acceptors (Lipinski definition) is 4. The molecule has 32 heavy (non-hydrogen) atoms. The number of nitrogens with zero attached hydrogens (tertiary/aromatic N) is 2. The molecule has 5 nitrogen and oxygen atoms in total. The lowest BCUT2D eigenvalue weighted by Gasteiger charge is -2.14. The first-order valence-electron chi connectivity index (χ1n) is 9.19. The van der Waals surface area contributed by atoms with Crippen LogP contribution in [0.4, 0.5) is 23.2 Å². The fourth-order valence-electron chi connectivity index (χ4n) is 3.01. The Morgan fingerprint density at radius 1 is 0.938 bits per heavy atom. The summed E-state index contributed by atoms with van der Waals surface area (Å²) in [4.78, 5) is 29.7. The molecular weight excluding hydrogens is 446 g/mol. The van der Waals surface area contributed by atoms with Crippen LogP contribution >= 0.6 is 11.8 Å². The van der Waals surface area contributed by atoms with E-state index in [0.29, 0.717) is 11.6 Å². The number of anilines is 1. The van der Waals surface area contributed by atoms with Gasteiger partial charge in [-0.1, -0.05) is 30.0 Å². The van der Waals surface area contributed by atoms with Crippen LogP contribution in [-0.4, -0.2) is 21.2 Å². The third-order valence-electron chi connectivity index (χ3n) is 4.46. The summed E-state index contributed by atoms with van der Waals surface area (Å²) in [6.45, 7) is 0. The van der Waals surface area contributed by atoms with Crippen LogP contribution in [0, 0.1) is 23.3 Å². The molecule has 0 aliphatic carbocycles. The van der Waals surface area contributed by atoms with E-state index in [4.69, 9.17) is 0 Å². The third kappa shape index (κ3) is 4.22. The van der Waals surface area contributed by atoms with E-state index in [1.54, 1.807) is 18.2 Å². The van der Waals surface area contributed by atoms with E-state index in [1.165, 1.54) is 6.07 Å². The van der Waals surface area contributed by atoms with Gasteiger partial charge in [0.2, 0.25) is 5.91 Å². The molecule has 0 spiro atoms. The van der Waals surface area contributed by atoms with Gasteiger partial charge in [-0.3, -0.25) is 14.2 Å². The summed E-state index contributed by atoms with van der Waals surface area (Å²) < 4.78 is 56.3. The molecule has 0 saturated carbocycles. The molecule has 1 aromatic heterocycles. The molecule has 4 rings (SSSR count). The maximum atomic E-state index is 14.5. The van der Waals surface area contributed by atoms with Crippen molar-refractivity contribution in [2.24, 2.45) is 0 Å². The number of carbonyl (C=O) groups excluding carboxylic acids is 1. The van der Waals surface area contributed by atoms with Crippen LogP contribution in [0.2, 0.25) is 0 Å². The Bertz CT molecular complexity index is 1390. The average molecular weight is 459 g/mol. The first-order valence-corrected chi connectivity index (χ1v) is 10.2. The van der Waals surface area contributed by atoms with Gasteiger partial charge in [0.25, 0.3) is 5.56 Å². The van der Waals surface area contributed by atoms with Crippen LogP contribution in [0.5, 0.6) is 0 Å². The molecule has 0 saturated heterocycles. The molecular formula is C22H13F4N3O2S. The molecule has 0 fully saturated rings. The lowest BCUT2D eigenvalue weighted by Crippen LogP contribution is -2.24. The summed E-state index contributed by atoms with van der Waals surface area (Å²) in [5, 5.41) is 2.27. The standard InChI is InChI=1S/C22H13F4N3O2S/c23-12-8-9-18(16(26)10-12)29-21(31)13-4-1-2-7-17(13)27-22(29)32-11-19(30)28-20-14(24)5-3-6-15(20)25/h1-10H,11H2,(H,28,30). The van der Waals surface area contributed by atoms with Gasteiger partial charge in [0, 0.05) is 6.07 Å².